The smallest absolute Gasteiger partial charge is 0.396 e. The Morgan fingerprint density at radius 3 is 2.50 bits per heavy atom. The maximum absolute atomic E-state index is 12.7. The second-order valence-electron chi connectivity index (χ2n) is 5.14. The van der Waals surface area contributed by atoms with Crippen LogP contribution in [0.1, 0.15) is 21.6 Å². The monoisotopic (exact) mass is 337 g/mol. The van der Waals surface area contributed by atoms with E-state index in [1.807, 2.05) is 6.07 Å². The zero-order valence-corrected chi connectivity index (χ0v) is 12.7. The number of hydrogen-bond acceptors (Lipinski definition) is 4. The predicted octanol–water partition coefficient (Wildman–Crippen LogP) is 2.13. The molecule has 2 aromatic rings. The Balaban J connectivity index is 2.13. The van der Waals surface area contributed by atoms with Crippen molar-refractivity contribution < 1.29 is 18.0 Å². The minimum absolute atomic E-state index is 0.0344. The number of carbonyl (C=O) groups excluding carboxylic acids is 1. The molecule has 1 aromatic carbocycles. The maximum Gasteiger partial charge on any atom is 0.437 e. The van der Waals surface area contributed by atoms with Gasteiger partial charge in [-0.1, -0.05) is 12.1 Å². The molecule has 24 heavy (non-hydrogen) atoms. The largest absolute Gasteiger partial charge is 0.437 e. The molecule has 0 fully saturated rings. The average molecular weight is 337 g/mol. The van der Waals surface area contributed by atoms with Gasteiger partial charge in [0, 0.05) is 18.8 Å². The van der Waals surface area contributed by atoms with Crippen molar-refractivity contribution in [3.8, 4) is 6.07 Å². The summed E-state index contributed by atoms with van der Waals surface area (Å²) in [7, 11) is 1.50. The number of nitrogens with two attached hydrogens (primary N) is 1. The van der Waals surface area contributed by atoms with Crippen LogP contribution in [0.3, 0.4) is 0 Å². The SMILES string of the molecule is CN(CC#N)C(=O)c1ccc(Cn2cc(N)c(C(F)(F)F)n2)cc1. The quantitative estimate of drug-likeness (QED) is 0.866. The first-order valence-electron chi connectivity index (χ1n) is 6.84. The lowest BCUT2D eigenvalue weighted by molar-refractivity contribution is -0.140. The number of benzene rings is 1. The van der Waals surface area contributed by atoms with E-state index >= 15 is 0 Å². The van der Waals surface area contributed by atoms with Crippen LogP contribution in [0.2, 0.25) is 0 Å². The molecule has 0 spiro atoms. The van der Waals surface area contributed by atoms with Gasteiger partial charge in [-0.05, 0) is 17.7 Å². The number of nitrogens with zero attached hydrogens (tertiary/aromatic N) is 4. The lowest BCUT2D eigenvalue weighted by Gasteiger charge is -2.13. The summed E-state index contributed by atoms with van der Waals surface area (Å²) in [6, 6.07) is 8.18. The number of nitriles is 1. The van der Waals surface area contributed by atoms with Crippen LogP contribution in [0.25, 0.3) is 0 Å². The molecular weight excluding hydrogens is 323 g/mol. The maximum atomic E-state index is 12.7. The van der Waals surface area contributed by atoms with Crippen LogP contribution in [0.5, 0.6) is 0 Å². The van der Waals surface area contributed by atoms with E-state index in [4.69, 9.17) is 11.0 Å². The third kappa shape index (κ3) is 3.84. The van der Waals surface area contributed by atoms with Gasteiger partial charge in [0.05, 0.1) is 18.3 Å². The Hall–Kier alpha value is -3.02. The molecule has 6 nitrogen and oxygen atoms in total. The third-order valence-corrected chi connectivity index (χ3v) is 3.26. The van der Waals surface area contributed by atoms with Crippen LogP contribution in [-0.2, 0) is 12.7 Å². The average Bonchev–Trinajstić information content (AvgIpc) is 2.88. The van der Waals surface area contributed by atoms with Crippen molar-refractivity contribution in [3.63, 3.8) is 0 Å². The first-order valence-corrected chi connectivity index (χ1v) is 6.84. The van der Waals surface area contributed by atoms with E-state index in [9.17, 15) is 18.0 Å². The molecule has 2 N–H and O–H groups in total. The van der Waals surface area contributed by atoms with Gasteiger partial charge in [0.25, 0.3) is 5.91 Å². The molecule has 0 aliphatic heterocycles. The van der Waals surface area contributed by atoms with E-state index in [2.05, 4.69) is 5.10 Å². The van der Waals surface area contributed by atoms with Gasteiger partial charge in [0.15, 0.2) is 5.69 Å². The minimum atomic E-state index is -4.60. The number of carbonyl (C=O) groups is 1. The summed E-state index contributed by atoms with van der Waals surface area (Å²) >= 11 is 0. The number of hydrogen-bond donors (Lipinski definition) is 1. The topological polar surface area (TPSA) is 87.9 Å². The number of rotatable bonds is 4. The lowest BCUT2D eigenvalue weighted by Crippen LogP contribution is -2.26. The van der Waals surface area contributed by atoms with E-state index in [1.54, 1.807) is 24.3 Å². The predicted molar refractivity (Wildman–Crippen MR) is 79.8 cm³/mol. The number of nitrogen functional groups attached to an aromatic ring is 1. The van der Waals surface area contributed by atoms with Crippen LogP contribution in [-0.4, -0.2) is 34.2 Å². The Morgan fingerprint density at radius 1 is 1.38 bits per heavy atom. The van der Waals surface area contributed by atoms with Crippen LogP contribution < -0.4 is 5.73 Å². The highest BCUT2D eigenvalue weighted by Crippen LogP contribution is 2.32. The van der Waals surface area contributed by atoms with E-state index in [0.29, 0.717) is 11.1 Å². The van der Waals surface area contributed by atoms with Crippen LogP contribution in [0, 0.1) is 11.3 Å². The molecule has 0 aliphatic rings. The second-order valence-corrected chi connectivity index (χ2v) is 5.14. The summed E-state index contributed by atoms with van der Waals surface area (Å²) in [5.41, 5.74) is 4.81. The third-order valence-electron chi connectivity index (χ3n) is 3.26. The Kier molecular flexibility index (Phi) is 4.78. The van der Waals surface area contributed by atoms with E-state index in [-0.39, 0.29) is 19.0 Å². The molecule has 0 saturated heterocycles. The Morgan fingerprint density at radius 2 is 2.00 bits per heavy atom. The molecule has 1 heterocycles. The van der Waals surface area contributed by atoms with Crippen molar-refractivity contribution >= 4 is 11.6 Å². The molecule has 0 saturated carbocycles. The van der Waals surface area contributed by atoms with Crippen molar-refractivity contribution in [2.24, 2.45) is 0 Å². The molecule has 9 heteroatoms. The van der Waals surface area contributed by atoms with Crippen LogP contribution >= 0.6 is 0 Å². The van der Waals surface area contributed by atoms with Gasteiger partial charge in [0.1, 0.15) is 6.54 Å². The summed E-state index contributed by atoms with van der Waals surface area (Å²) in [6.45, 7) is 0.0517. The van der Waals surface area contributed by atoms with Crippen molar-refractivity contribution in [2.45, 2.75) is 12.7 Å². The van der Waals surface area contributed by atoms with Crippen LogP contribution in [0.15, 0.2) is 30.5 Å². The summed E-state index contributed by atoms with van der Waals surface area (Å²) in [5.74, 6) is -0.314. The summed E-state index contributed by atoms with van der Waals surface area (Å²) in [5, 5.41) is 12.0. The van der Waals surface area contributed by atoms with Crippen molar-refractivity contribution in [1.29, 1.82) is 5.26 Å². The zero-order chi connectivity index (χ0) is 17.9. The molecule has 2 rings (SSSR count). The Bertz CT molecular complexity index is 774. The highest BCUT2D eigenvalue weighted by atomic mass is 19.4. The summed E-state index contributed by atoms with van der Waals surface area (Å²) in [6.07, 6.45) is -3.49. The molecule has 0 aliphatic carbocycles. The fourth-order valence-electron chi connectivity index (χ4n) is 2.08. The zero-order valence-electron chi connectivity index (χ0n) is 12.7. The van der Waals surface area contributed by atoms with Gasteiger partial charge >= 0.3 is 6.18 Å². The highest BCUT2D eigenvalue weighted by molar-refractivity contribution is 5.94. The van der Waals surface area contributed by atoms with Crippen molar-refractivity contribution in [2.75, 3.05) is 19.3 Å². The molecule has 126 valence electrons. The molecule has 1 amide bonds. The van der Waals surface area contributed by atoms with Crippen molar-refractivity contribution in [1.82, 2.24) is 14.7 Å². The molecule has 1 aromatic heterocycles. The molecule has 0 bridgehead atoms. The van der Waals surface area contributed by atoms with Crippen LogP contribution in [0.4, 0.5) is 18.9 Å². The molecular formula is C15H14F3N5O. The summed E-state index contributed by atoms with van der Waals surface area (Å²) in [4.78, 5) is 13.2. The highest BCUT2D eigenvalue weighted by Gasteiger charge is 2.36. The van der Waals surface area contributed by atoms with Gasteiger partial charge in [-0.25, -0.2) is 0 Å². The number of anilines is 1. The minimum Gasteiger partial charge on any atom is -0.396 e. The second kappa shape index (κ2) is 6.62. The van der Waals surface area contributed by atoms with Gasteiger partial charge in [0.2, 0.25) is 0 Å². The van der Waals surface area contributed by atoms with Gasteiger partial charge < -0.3 is 10.6 Å². The number of alkyl halides is 3. The lowest BCUT2D eigenvalue weighted by atomic mass is 10.1. The summed E-state index contributed by atoms with van der Waals surface area (Å²) < 4.78 is 39.1. The van der Waals surface area contributed by atoms with Gasteiger partial charge in [-0.15, -0.1) is 0 Å². The fourth-order valence-corrected chi connectivity index (χ4v) is 2.08. The van der Waals surface area contributed by atoms with Gasteiger partial charge in [-0.3, -0.25) is 9.48 Å². The van der Waals surface area contributed by atoms with E-state index < -0.39 is 17.6 Å². The van der Waals surface area contributed by atoms with Gasteiger partial charge in [-0.2, -0.15) is 23.5 Å². The Labute approximate surface area is 135 Å². The molecule has 0 radical (unpaired) electrons. The fraction of sp³-hybridized carbons (Fsp3) is 0.267. The number of halogens is 3. The standard InChI is InChI=1S/C15H14F3N5O/c1-22(7-6-19)14(24)11-4-2-10(3-5-11)8-23-9-12(20)13(21-23)15(16,17)18/h2-5,9H,7-8,20H2,1H3. The molecule has 0 atom stereocenters. The first-order chi connectivity index (χ1) is 11.2. The number of aromatic nitrogens is 2. The normalized spacial score (nSPS) is 11.1. The van der Waals surface area contributed by atoms with E-state index in [0.717, 1.165) is 10.9 Å². The van der Waals surface area contributed by atoms with Crippen molar-refractivity contribution in [3.05, 3.63) is 47.3 Å². The van der Waals surface area contributed by atoms with E-state index in [1.165, 1.54) is 11.9 Å². The molecule has 0 unspecified atom stereocenters. The first kappa shape index (κ1) is 17.3. The number of amides is 1.